The zero-order valence-electron chi connectivity index (χ0n) is 67.3. The molecular formula is C110H110N2. The summed E-state index contributed by atoms with van der Waals surface area (Å²) in [5, 5.41) is 10.2. The van der Waals surface area contributed by atoms with Gasteiger partial charge < -0.3 is 9.80 Å². The standard InChI is InChI=1S/C110H110N2/c1-7-87-65-75(5)66-88(8-2)109(87)111(95-57-45-85(46-58-95)73-103(91-49-37-81(38-50-91)69-77-25-15-11-16-26-77)92-51-39-82(40-52-92)70-78-27-17-12-18-28-78)105-63-61-99-98-34-24-36-102-106(64-62-100(108(98)102)97-33-23-35-101(105)107(97)99)112(110-89(9-3)67-76(6)68-90(110)10-4)96-59-47-86(48-60-96)74-104(93-53-41-83(42-54-93)71-79-29-19-13-20-30-79)94-55-43-84(44-56-94)72-80-31-21-14-22-32-80/h23-24,33-74H,7-22,25-32H2,1-6H3. The minimum Gasteiger partial charge on any atom is -0.309 e. The van der Waals surface area contributed by atoms with Gasteiger partial charge in [-0.1, -0.05) is 305 Å². The molecule has 13 aromatic rings. The van der Waals surface area contributed by atoms with E-state index in [4.69, 9.17) is 0 Å². The van der Waals surface area contributed by atoms with Gasteiger partial charge in [0.05, 0.1) is 22.7 Å². The van der Waals surface area contributed by atoms with Gasteiger partial charge in [0.15, 0.2) is 0 Å². The summed E-state index contributed by atoms with van der Waals surface area (Å²) >= 11 is 0. The van der Waals surface area contributed by atoms with Crippen molar-refractivity contribution in [2.24, 2.45) is 0 Å². The number of nitrogens with zero attached hydrogens (tertiary/aromatic N) is 2. The first-order valence-electron chi connectivity index (χ1n) is 42.9. The van der Waals surface area contributed by atoms with Crippen LogP contribution in [-0.4, -0.2) is 0 Å². The minimum atomic E-state index is 0.915. The second kappa shape index (κ2) is 33.6. The van der Waals surface area contributed by atoms with E-state index in [9.17, 15) is 0 Å². The molecule has 4 saturated carbocycles. The SMILES string of the molecule is CCc1cc(C)cc(CC)c1N(c1ccc(C=C(c2ccc(C=C3CCCCC3)cc2)c2ccc(C=C3CCCCC3)cc2)cc1)c1ccc2c3cccc4c(N(c5ccc(C=C(c6ccc(C=C7CCCCC7)cc6)c6ccc(C=C7CCCCC7)cc6)cc5)c5c(CC)cc(C)cc5CC)ccc(c5cccc1c52)c43. The molecule has 0 aromatic heterocycles. The van der Waals surface area contributed by atoms with Gasteiger partial charge in [0.1, 0.15) is 0 Å². The van der Waals surface area contributed by atoms with Crippen LogP contribution >= 0.6 is 0 Å². The highest BCUT2D eigenvalue weighted by Crippen LogP contribution is 2.52. The summed E-state index contributed by atoms with van der Waals surface area (Å²) < 4.78 is 0. The molecule has 112 heavy (non-hydrogen) atoms. The fourth-order valence-corrected chi connectivity index (χ4v) is 19.4. The largest absolute Gasteiger partial charge is 0.309 e. The average molecular weight is 1460 g/mol. The van der Waals surface area contributed by atoms with E-state index in [0.29, 0.717) is 0 Å². The van der Waals surface area contributed by atoms with Crippen LogP contribution in [0.3, 0.4) is 0 Å². The van der Waals surface area contributed by atoms with Crippen molar-refractivity contribution in [1.82, 2.24) is 0 Å². The van der Waals surface area contributed by atoms with Crippen molar-refractivity contribution in [3.05, 3.63) is 342 Å². The number of fused-ring (bicyclic) bond motifs is 2. The predicted molar refractivity (Wildman–Crippen MR) is 488 cm³/mol. The third kappa shape index (κ3) is 15.7. The van der Waals surface area contributed by atoms with Gasteiger partial charge in [-0.05, 0) is 312 Å². The summed E-state index contributed by atoms with van der Waals surface area (Å²) in [7, 11) is 0. The second-order valence-corrected chi connectivity index (χ2v) is 32.9. The highest BCUT2D eigenvalue weighted by molar-refractivity contribution is 6.35. The molecule has 0 saturated heterocycles. The van der Waals surface area contributed by atoms with Crippen LogP contribution in [0.2, 0.25) is 0 Å². The first-order valence-corrected chi connectivity index (χ1v) is 42.9. The highest BCUT2D eigenvalue weighted by atomic mass is 15.2. The van der Waals surface area contributed by atoms with Gasteiger partial charge in [0.25, 0.3) is 0 Å². The lowest BCUT2D eigenvalue weighted by Gasteiger charge is -2.32. The first kappa shape index (κ1) is 74.0. The molecule has 0 bridgehead atoms. The molecule has 17 rings (SSSR count). The van der Waals surface area contributed by atoms with Crippen LogP contribution in [0.4, 0.5) is 34.1 Å². The number of hydrogen-bond donors (Lipinski definition) is 0. The Morgan fingerprint density at radius 2 is 0.518 bits per heavy atom. The summed E-state index contributed by atoms with van der Waals surface area (Å²) in [6.45, 7) is 13.8. The van der Waals surface area contributed by atoms with Gasteiger partial charge in [-0.25, -0.2) is 0 Å². The molecule has 13 aromatic carbocycles. The van der Waals surface area contributed by atoms with Gasteiger partial charge in [-0.2, -0.15) is 0 Å². The zero-order chi connectivity index (χ0) is 76.0. The van der Waals surface area contributed by atoms with E-state index in [1.165, 1.54) is 294 Å². The lowest BCUT2D eigenvalue weighted by molar-refractivity contribution is 0.602. The average Bonchev–Trinajstić information content (AvgIpc) is 0.705. The Morgan fingerprint density at radius 3 is 0.786 bits per heavy atom. The van der Waals surface area contributed by atoms with E-state index in [-0.39, 0.29) is 0 Å². The van der Waals surface area contributed by atoms with Gasteiger partial charge in [0.2, 0.25) is 0 Å². The highest BCUT2D eigenvalue weighted by Gasteiger charge is 2.28. The predicted octanol–water partition coefficient (Wildman–Crippen LogP) is 32.1. The van der Waals surface area contributed by atoms with Crippen molar-refractivity contribution in [3.63, 3.8) is 0 Å². The van der Waals surface area contributed by atoms with E-state index < -0.39 is 0 Å². The Kier molecular flexibility index (Phi) is 22.2. The fraction of sp³-hybridized carbons (Fsp3) is 0.273. The molecule has 0 spiro atoms. The minimum absolute atomic E-state index is 0.915. The normalized spacial score (nSPS) is 14.8. The molecule has 4 aliphatic carbocycles. The Hall–Kier alpha value is -10.8. The summed E-state index contributed by atoms with van der Waals surface area (Å²) in [6.07, 6.45) is 43.9. The third-order valence-corrected chi connectivity index (χ3v) is 25.2. The molecule has 560 valence electrons. The maximum atomic E-state index is 2.62. The number of aryl methyl sites for hydroxylation is 6. The first-order chi connectivity index (χ1) is 55.1. The third-order valence-electron chi connectivity index (χ3n) is 25.2. The van der Waals surface area contributed by atoms with Crippen LogP contribution in [-0.2, 0) is 25.7 Å². The van der Waals surface area contributed by atoms with Crippen molar-refractivity contribution < 1.29 is 0 Å². The van der Waals surface area contributed by atoms with Crippen molar-refractivity contribution in [3.8, 4) is 0 Å². The Bertz CT molecular complexity index is 5160. The summed E-state index contributed by atoms with van der Waals surface area (Å²) in [4.78, 5) is 5.23. The Labute approximate surface area is 667 Å². The van der Waals surface area contributed by atoms with Crippen molar-refractivity contribution in [2.45, 2.75) is 196 Å². The van der Waals surface area contributed by atoms with Crippen molar-refractivity contribution in [2.75, 3.05) is 9.80 Å². The molecule has 0 N–H and O–H groups in total. The van der Waals surface area contributed by atoms with E-state index in [0.717, 1.165) is 37.1 Å². The van der Waals surface area contributed by atoms with E-state index in [2.05, 4.69) is 318 Å². The Morgan fingerprint density at radius 1 is 0.268 bits per heavy atom. The van der Waals surface area contributed by atoms with Crippen LogP contribution in [0.15, 0.2) is 253 Å². The number of hydrogen-bond acceptors (Lipinski definition) is 2. The van der Waals surface area contributed by atoms with Crippen LogP contribution in [0.25, 0.3) is 90.7 Å². The van der Waals surface area contributed by atoms with Crippen LogP contribution in [0.5, 0.6) is 0 Å². The maximum Gasteiger partial charge on any atom is 0.0540 e. The summed E-state index contributed by atoms with van der Waals surface area (Å²) in [5.74, 6) is 0. The number of allylic oxidation sites excluding steroid dienone is 4. The molecule has 0 radical (unpaired) electrons. The van der Waals surface area contributed by atoms with Gasteiger partial charge >= 0.3 is 0 Å². The molecule has 4 fully saturated rings. The van der Waals surface area contributed by atoms with Crippen molar-refractivity contribution >= 4 is 125 Å². The monoisotopic (exact) mass is 1460 g/mol. The van der Waals surface area contributed by atoms with E-state index in [1.54, 1.807) is 22.3 Å². The number of benzene rings is 13. The fourth-order valence-electron chi connectivity index (χ4n) is 19.4. The van der Waals surface area contributed by atoms with E-state index >= 15 is 0 Å². The van der Waals surface area contributed by atoms with Gasteiger partial charge in [-0.15, -0.1) is 0 Å². The number of rotatable bonds is 20. The molecule has 2 nitrogen and oxygen atoms in total. The summed E-state index contributed by atoms with van der Waals surface area (Å²) in [6, 6.07) is 90.2. The van der Waals surface area contributed by atoms with Crippen molar-refractivity contribution in [1.29, 1.82) is 0 Å². The Balaban J connectivity index is 0.771. The van der Waals surface area contributed by atoms with Crippen LogP contribution in [0.1, 0.15) is 245 Å². The molecule has 0 unspecified atom stereocenters. The second-order valence-electron chi connectivity index (χ2n) is 32.9. The molecule has 0 heterocycles. The van der Waals surface area contributed by atoms with Gasteiger partial charge in [-0.3, -0.25) is 0 Å². The molecule has 0 aliphatic heterocycles. The lowest BCUT2D eigenvalue weighted by Crippen LogP contribution is -2.15. The summed E-state index contributed by atoms with van der Waals surface area (Å²) in [5.41, 5.74) is 36.6. The van der Waals surface area contributed by atoms with Crippen LogP contribution in [0, 0.1) is 13.8 Å². The molecule has 0 amide bonds. The smallest absolute Gasteiger partial charge is 0.0540 e. The number of anilines is 6. The topological polar surface area (TPSA) is 6.48 Å². The molecule has 2 heteroatoms. The quantitative estimate of drug-likeness (QED) is 0.0426. The maximum absolute atomic E-state index is 2.62. The molecular weight excluding hydrogens is 1350 g/mol. The molecule has 4 aliphatic rings. The lowest BCUT2D eigenvalue weighted by atomic mass is 9.88. The van der Waals surface area contributed by atoms with Crippen LogP contribution < -0.4 is 9.80 Å². The molecule has 0 atom stereocenters. The zero-order valence-corrected chi connectivity index (χ0v) is 67.3. The van der Waals surface area contributed by atoms with E-state index in [1.807, 2.05) is 0 Å². The van der Waals surface area contributed by atoms with Gasteiger partial charge in [0, 0.05) is 22.1 Å².